The second-order valence-electron chi connectivity index (χ2n) is 3.51. The molecule has 0 saturated carbocycles. The van der Waals surface area contributed by atoms with E-state index in [2.05, 4.69) is 15.1 Å². The fourth-order valence-corrected chi connectivity index (χ4v) is 1.43. The Morgan fingerprint density at radius 1 is 1.47 bits per heavy atom. The van der Waals surface area contributed by atoms with Crippen LogP contribution in [0.3, 0.4) is 0 Å². The molecule has 17 heavy (non-hydrogen) atoms. The first-order valence-electron chi connectivity index (χ1n) is 5.15. The maximum Gasteiger partial charge on any atom is 0.390 e. The van der Waals surface area contributed by atoms with E-state index in [1.807, 2.05) is 13.8 Å². The molecule has 88 valence electrons. The lowest BCUT2D eigenvalue weighted by atomic mass is 10.4. The van der Waals surface area contributed by atoms with Gasteiger partial charge in [-0.3, -0.25) is 0 Å². The standard InChI is InChI=1S/C10H11N5O2/c1-3-8-11-7(2)6-10(12-8)14-5-4-9(13-14)15(16)17/h4-6H,3H2,1-2H3. The lowest BCUT2D eigenvalue weighted by Crippen LogP contribution is -2.04. The maximum absolute atomic E-state index is 10.5. The first-order valence-corrected chi connectivity index (χ1v) is 5.15. The van der Waals surface area contributed by atoms with Crippen molar-refractivity contribution in [2.75, 3.05) is 0 Å². The van der Waals surface area contributed by atoms with Crippen LogP contribution >= 0.6 is 0 Å². The SMILES string of the molecule is CCc1nc(C)cc(-n2ccc([N+](=O)[O-])n2)n1. The molecule has 0 aromatic carbocycles. The van der Waals surface area contributed by atoms with E-state index in [1.165, 1.54) is 16.9 Å². The zero-order valence-corrected chi connectivity index (χ0v) is 9.49. The predicted octanol–water partition coefficient (Wildman–Crippen LogP) is 1.44. The lowest BCUT2D eigenvalue weighted by molar-refractivity contribution is -0.389. The van der Waals surface area contributed by atoms with E-state index in [0.717, 1.165) is 5.69 Å². The highest BCUT2D eigenvalue weighted by molar-refractivity contribution is 5.27. The van der Waals surface area contributed by atoms with Crippen molar-refractivity contribution in [1.82, 2.24) is 19.7 Å². The number of hydrogen-bond acceptors (Lipinski definition) is 5. The van der Waals surface area contributed by atoms with E-state index in [1.54, 1.807) is 6.07 Å². The van der Waals surface area contributed by atoms with E-state index >= 15 is 0 Å². The molecule has 0 bridgehead atoms. The van der Waals surface area contributed by atoms with E-state index in [4.69, 9.17) is 0 Å². The number of nitrogens with zero attached hydrogens (tertiary/aromatic N) is 5. The molecule has 0 amide bonds. The normalized spacial score (nSPS) is 10.5. The van der Waals surface area contributed by atoms with Crippen LogP contribution in [-0.2, 0) is 6.42 Å². The van der Waals surface area contributed by atoms with Crippen LogP contribution in [0.5, 0.6) is 0 Å². The second-order valence-corrected chi connectivity index (χ2v) is 3.51. The summed E-state index contributed by atoms with van der Waals surface area (Å²) in [6, 6.07) is 3.07. The highest BCUT2D eigenvalue weighted by Crippen LogP contribution is 2.11. The van der Waals surface area contributed by atoms with Gasteiger partial charge in [-0.1, -0.05) is 6.92 Å². The van der Waals surface area contributed by atoms with Gasteiger partial charge in [-0.05, 0) is 11.8 Å². The molecular weight excluding hydrogens is 222 g/mol. The van der Waals surface area contributed by atoms with Gasteiger partial charge in [0.05, 0.1) is 17.4 Å². The van der Waals surface area contributed by atoms with E-state index in [-0.39, 0.29) is 5.82 Å². The van der Waals surface area contributed by atoms with Crippen molar-refractivity contribution >= 4 is 5.82 Å². The third-order valence-electron chi connectivity index (χ3n) is 2.20. The van der Waals surface area contributed by atoms with Crippen LogP contribution in [0.2, 0.25) is 0 Å². The zero-order valence-electron chi connectivity index (χ0n) is 9.49. The smallest absolute Gasteiger partial charge is 0.358 e. The summed E-state index contributed by atoms with van der Waals surface area (Å²) in [6.07, 6.45) is 2.22. The Kier molecular flexibility index (Phi) is 2.82. The van der Waals surface area contributed by atoms with Gasteiger partial charge in [0, 0.05) is 18.2 Å². The van der Waals surface area contributed by atoms with Gasteiger partial charge in [0.25, 0.3) is 0 Å². The molecular formula is C10H11N5O2. The molecule has 2 rings (SSSR count). The van der Waals surface area contributed by atoms with Crippen molar-refractivity contribution in [3.63, 3.8) is 0 Å². The minimum absolute atomic E-state index is 0.195. The van der Waals surface area contributed by atoms with Crippen LogP contribution in [0.25, 0.3) is 5.82 Å². The van der Waals surface area contributed by atoms with Crippen molar-refractivity contribution in [2.24, 2.45) is 0 Å². The number of nitro groups is 1. The van der Waals surface area contributed by atoms with Gasteiger partial charge in [-0.25, -0.2) is 9.97 Å². The van der Waals surface area contributed by atoms with Gasteiger partial charge in [0.15, 0.2) is 5.82 Å². The molecule has 7 nitrogen and oxygen atoms in total. The summed E-state index contributed by atoms with van der Waals surface area (Å²) >= 11 is 0. The number of aromatic nitrogens is 4. The van der Waals surface area contributed by atoms with Gasteiger partial charge in [0.2, 0.25) is 0 Å². The third-order valence-corrected chi connectivity index (χ3v) is 2.20. The average Bonchev–Trinajstić information content (AvgIpc) is 2.77. The fraction of sp³-hybridized carbons (Fsp3) is 0.300. The Labute approximate surface area is 97.3 Å². The van der Waals surface area contributed by atoms with Gasteiger partial charge < -0.3 is 10.1 Å². The number of aryl methyl sites for hydroxylation is 2. The van der Waals surface area contributed by atoms with Gasteiger partial charge in [0.1, 0.15) is 5.82 Å². The van der Waals surface area contributed by atoms with Gasteiger partial charge in [-0.15, -0.1) is 4.68 Å². The highest BCUT2D eigenvalue weighted by Gasteiger charge is 2.13. The molecule has 0 aliphatic rings. The zero-order chi connectivity index (χ0) is 12.4. The minimum Gasteiger partial charge on any atom is -0.358 e. The highest BCUT2D eigenvalue weighted by atomic mass is 16.6. The van der Waals surface area contributed by atoms with Crippen LogP contribution in [0.15, 0.2) is 18.3 Å². The Bertz CT molecular complexity index is 564. The summed E-state index contributed by atoms with van der Waals surface area (Å²) in [4.78, 5) is 18.5. The molecule has 0 saturated heterocycles. The van der Waals surface area contributed by atoms with Crippen molar-refractivity contribution in [3.05, 3.63) is 40.0 Å². The van der Waals surface area contributed by atoms with E-state index in [0.29, 0.717) is 18.1 Å². The van der Waals surface area contributed by atoms with Crippen molar-refractivity contribution in [2.45, 2.75) is 20.3 Å². The molecule has 2 aromatic rings. The molecule has 2 heterocycles. The van der Waals surface area contributed by atoms with Crippen LogP contribution < -0.4 is 0 Å². The Morgan fingerprint density at radius 3 is 2.82 bits per heavy atom. The summed E-state index contributed by atoms with van der Waals surface area (Å²) < 4.78 is 1.38. The van der Waals surface area contributed by atoms with Crippen LogP contribution in [0, 0.1) is 17.0 Å². The molecule has 0 N–H and O–H groups in total. The minimum atomic E-state index is -0.536. The molecule has 2 aromatic heterocycles. The summed E-state index contributed by atoms with van der Waals surface area (Å²) in [5.74, 6) is 1.04. The molecule has 0 aliphatic carbocycles. The molecule has 0 aliphatic heterocycles. The monoisotopic (exact) mass is 233 g/mol. The first kappa shape index (κ1) is 11.2. The van der Waals surface area contributed by atoms with E-state index in [9.17, 15) is 10.1 Å². The average molecular weight is 233 g/mol. The Hall–Kier alpha value is -2.31. The summed E-state index contributed by atoms with van der Waals surface area (Å²) in [5.41, 5.74) is 0.810. The molecule has 0 spiro atoms. The van der Waals surface area contributed by atoms with Gasteiger partial charge >= 0.3 is 5.82 Å². The van der Waals surface area contributed by atoms with Crippen LogP contribution in [-0.4, -0.2) is 24.7 Å². The molecule has 7 heteroatoms. The summed E-state index contributed by atoms with van der Waals surface area (Å²) in [6.45, 7) is 3.80. The van der Waals surface area contributed by atoms with Crippen molar-refractivity contribution < 1.29 is 4.92 Å². The second kappa shape index (κ2) is 4.28. The van der Waals surface area contributed by atoms with E-state index < -0.39 is 4.92 Å². The number of rotatable bonds is 3. The molecule has 0 radical (unpaired) electrons. The van der Waals surface area contributed by atoms with Gasteiger partial charge in [-0.2, -0.15) is 0 Å². The van der Waals surface area contributed by atoms with Crippen LogP contribution in [0.4, 0.5) is 5.82 Å². The quantitative estimate of drug-likeness (QED) is 0.591. The Balaban J connectivity index is 2.44. The first-order chi connectivity index (χ1) is 8.10. The molecule has 0 unspecified atom stereocenters. The number of hydrogen-bond donors (Lipinski definition) is 0. The van der Waals surface area contributed by atoms with Crippen molar-refractivity contribution in [1.29, 1.82) is 0 Å². The largest absolute Gasteiger partial charge is 0.390 e. The van der Waals surface area contributed by atoms with Crippen LogP contribution in [0.1, 0.15) is 18.4 Å². The molecule has 0 atom stereocenters. The lowest BCUT2D eigenvalue weighted by Gasteiger charge is -2.01. The Morgan fingerprint density at radius 2 is 2.24 bits per heavy atom. The molecule has 0 fully saturated rings. The summed E-state index contributed by atoms with van der Waals surface area (Å²) in [5, 5.41) is 14.4. The third kappa shape index (κ3) is 2.27. The topological polar surface area (TPSA) is 86.7 Å². The van der Waals surface area contributed by atoms with Crippen molar-refractivity contribution in [3.8, 4) is 5.82 Å². The maximum atomic E-state index is 10.5. The summed E-state index contributed by atoms with van der Waals surface area (Å²) in [7, 11) is 0. The fourth-order valence-electron chi connectivity index (χ4n) is 1.43. The predicted molar refractivity (Wildman–Crippen MR) is 59.9 cm³/mol.